The number of methoxy groups -OCH3 is 3. The van der Waals surface area contributed by atoms with Crippen LogP contribution in [0, 0.1) is 25.2 Å². The van der Waals surface area contributed by atoms with Gasteiger partial charge in [-0.1, -0.05) is 54.9 Å². The highest BCUT2D eigenvalue weighted by Gasteiger charge is 2.37. The van der Waals surface area contributed by atoms with Crippen molar-refractivity contribution in [1.29, 1.82) is 0 Å². The Morgan fingerprint density at radius 3 is 2.26 bits per heavy atom. The van der Waals surface area contributed by atoms with Crippen LogP contribution in [0.4, 0.5) is 5.69 Å². The van der Waals surface area contributed by atoms with Gasteiger partial charge in [-0.3, -0.25) is 9.59 Å². The summed E-state index contributed by atoms with van der Waals surface area (Å²) in [5, 5.41) is 3.99. The average molecular weight is 741 g/mol. The lowest BCUT2D eigenvalue weighted by atomic mass is 9.69. The Bertz CT molecular complexity index is 1970. The average Bonchev–Trinajstić information content (AvgIpc) is 3.07. The van der Waals surface area contributed by atoms with Crippen molar-refractivity contribution in [2.24, 2.45) is 11.3 Å². The van der Waals surface area contributed by atoms with E-state index in [-0.39, 0.29) is 23.1 Å². The fourth-order valence-electron chi connectivity index (χ4n) is 7.57. The van der Waals surface area contributed by atoms with E-state index in [0.29, 0.717) is 42.2 Å². The molecule has 50 heavy (non-hydrogen) atoms. The van der Waals surface area contributed by atoms with Crippen LogP contribution in [-0.4, -0.2) is 50.7 Å². The van der Waals surface area contributed by atoms with Gasteiger partial charge in [0.05, 0.1) is 38.1 Å². The van der Waals surface area contributed by atoms with Crippen LogP contribution in [0.1, 0.15) is 78.3 Å². The number of hydrogen-bond acceptors (Lipinski definition) is 6. The number of carbonyl (C=O) groups is 2. The van der Waals surface area contributed by atoms with Gasteiger partial charge in [0.25, 0.3) is 5.91 Å². The minimum Gasteiger partial charge on any atom is -0.493 e. The van der Waals surface area contributed by atoms with Crippen molar-refractivity contribution in [3.63, 3.8) is 0 Å². The van der Waals surface area contributed by atoms with Gasteiger partial charge in [0, 0.05) is 22.1 Å². The number of rotatable bonds is 7. The van der Waals surface area contributed by atoms with Crippen molar-refractivity contribution in [3.05, 3.63) is 86.5 Å². The van der Waals surface area contributed by atoms with Gasteiger partial charge >= 0.3 is 0 Å². The molecule has 8 nitrogen and oxygen atoms in total. The summed E-state index contributed by atoms with van der Waals surface area (Å²) in [5.74, 6) is 1.56. The van der Waals surface area contributed by atoms with Gasteiger partial charge in [-0.25, -0.2) is 4.98 Å². The second-order valence-electron chi connectivity index (χ2n) is 14.5. The van der Waals surface area contributed by atoms with Crippen molar-refractivity contribution in [2.45, 2.75) is 66.3 Å². The molecule has 9 heteroatoms. The number of aromatic nitrogens is 1. The van der Waals surface area contributed by atoms with E-state index >= 15 is 0 Å². The van der Waals surface area contributed by atoms with E-state index in [1.807, 2.05) is 67.3 Å². The summed E-state index contributed by atoms with van der Waals surface area (Å²) in [6.45, 7) is 11.4. The fraction of sp³-hybridized carbons (Fsp3) is 0.390. The smallest absolute Gasteiger partial charge is 0.252 e. The van der Waals surface area contributed by atoms with Gasteiger partial charge < -0.3 is 24.4 Å². The Hall–Kier alpha value is -4.37. The Labute approximate surface area is 303 Å². The molecule has 2 aliphatic rings. The zero-order chi connectivity index (χ0) is 35.9. The second kappa shape index (κ2) is 14.1. The Balaban J connectivity index is 1.46. The number of piperidine rings is 1. The largest absolute Gasteiger partial charge is 0.493 e. The van der Waals surface area contributed by atoms with Gasteiger partial charge in [0.2, 0.25) is 11.7 Å². The SMILES string of the molecule is COc1cc(/C=C2/CC(C(C)(C)C)Cc3c2nc2ccccc2c3C(=O)NC2CCCN(c3c(C)cc(Br)cc3C)C2=O)cc(OC)c1OC. The molecular weight excluding hydrogens is 694 g/mol. The molecule has 1 saturated heterocycles. The maximum Gasteiger partial charge on any atom is 0.252 e. The molecule has 3 aromatic carbocycles. The van der Waals surface area contributed by atoms with E-state index in [2.05, 4.69) is 48.1 Å². The molecule has 0 radical (unpaired) electrons. The number of benzene rings is 3. The predicted molar refractivity (Wildman–Crippen MR) is 203 cm³/mol. The van der Waals surface area contributed by atoms with Crippen LogP contribution in [0.25, 0.3) is 22.6 Å². The molecule has 1 N–H and O–H groups in total. The van der Waals surface area contributed by atoms with Crippen LogP contribution in [0.15, 0.2) is 53.0 Å². The Morgan fingerprint density at radius 2 is 1.64 bits per heavy atom. The molecule has 2 heterocycles. The van der Waals surface area contributed by atoms with Crippen LogP contribution in [-0.2, 0) is 11.2 Å². The van der Waals surface area contributed by atoms with Crippen molar-refractivity contribution in [2.75, 3.05) is 32.8 Å². The number of pyridine rings is 1. The third kappa shape index (κ3) is 6.72. The molecule has 4 aromatic rings. The minimum absolute atomic E-state index is 0.0499. The number of halogens is 1. The number of ether oxygens (including phenoxy) is 3. The molecule has 1 fully saturated rings. The maximum atomic E-state index is 14.6. The molecule has 1 aromatic heterocycles. The van der Waals surface area contributed by atoms with E-state index in [4.69, 9.17) is 19.2 Å². The first-order valence-electron chi connectivity index (χ1n) is 17.2. The van der Waals surface area contributed by atoms with E-state index in [9.17, 15) is 9.59 Å². The first kappa shape index (κ1) is 35.5. The maximum absolute atomic E-state index is 14.6. The van der Waals surface area contributed by atoms with Gasteiger partial charge in [-0.15, -0.1) is 0 Å². The fourth-order valence-corrected chi connectivity index (χ4v) is 8.26. The number of fused-ring (bicyclic) bond motifs is 2. The van der Waals surface area contributed by atoms with Crippen LogP contribution < -0.4 is 24.4 Å². The molecule has 1 aliphatic heterocycles. The number of allylic oxidation sites excluding steroid dienone is 1. The number of nitrogens with one attached hydrogen (secondary N) is 1. The standard InChI is InChI=1S/C41H46BrN3O5/c1-23-16-28(42)17-24(2)37(23)45-15-11-14-32(40(45)47)44-39(46)35-29-12-9-10-13-31(29)43-36-26(21-27(22-30(35)36)41(3,4)5)18-25-19-33(48-6)38(50-8)34(20-25)49-7/h9-10,12-13,16-20,27,32H,11,14-15,21-22H2,1-8H3,(H,44,46)/b26-18-. The number of hydrogen-bond donors (Lipinski definition) is 1. The topological polar surface area (TPSA) is 90.0 Å². The van der Waals surface area contributed by atoms with Gasteiger partial charge in [0.1, 0.15) is 6.04 Å². The highest BCUT2D eigenvalue weighted by Crippen LogP contribution is 2.46. The number of carbonyl (C=O) groups excluding carboxylic acids is 2. The van der Waals surface area contributed by atoms with E-state index < -0.39 is 6.04 Å². The minimum atomic E-state index is -0.641. The number of anilines is 1. The molecule has 6 rings (SSSR count). The summed E-state index contributed by atoms with van der Waals surface area (Å²) in [4.78, 5) is 35.8. The van der Waals surface area contributed by atoms with E-state index in [0.717, 1.165) is 67.4 Å². The van der Waals surface area contributed by atoms with Crippen molar-refractivity contribution in [3.8, 4) is 17.2 Å². The first-order valence-corrected chi connectivity index (χ1v) is 17.9. The molecule has 0 spiro atoms. The third-order valence-electron chi connectivity index (χ3n) is 10.2. The van der Waals surface area contributed by atoms with Crippen molar-refractivity contribution in [1.82, 2.24) is 10.3 Å². The van der Waals surface area contributed by atoms with Crippen LogP contribution in [0.2, 0.25) is 0 Å². The number of aryl methyl sites for hydroxylation is 2. The predicted octanol–water partition coefficient (Wildman–Crippen LogP) is 8.71. The Morgan fingerprint density at radius 1 is 0.980 bits per heavy atom. The highest BCUT2D eigenvalue weighted by molar-refractivity contribution is 9.10. The molecular formula is C41H46BrN3O5. The summed E-state index contributed by atoms with van der Waals surface area (Å²) in [5.41, 5.74) is 7.85. The lowest BCUT2D eigenvalue weighted by Gasteiger charge is -2.37. The van der Waals surface area contributed by atoms with Crippen LogP contribution in [0.3, 0.4) is 0 Å². The zero-order valence-electron chi connectivity index (χ0n) is 30.2. The first-order chi connectivity index (χ1) is 23.8. The summed E-state index contributed by atoms with van der Waals surface area (Å²) in [6.07, 6.45) is 4.96. The normalized spacial score (nSPS) is 18.6. The van der Waals surface area contributed by atoms with Gasteiger partial charge in [0.15, 0.2) is 11.5 Å². The van der Waals surface area contributed by atoms with E-state index in [1.165, 1.54) is 0 Å². The molecule has 262 valence electrons. The molecule has 2 unspecified atom stereocenters. The molecule has 1 aliphatic carbocycles. The van der Waals surface area contributed by atoms with Gasteiger partial charge in [-0.05, 0) is 115 Å². The lowest BCUT2D eigenvalue weighted by molar-refractivity contribution is -0.121. The molecule has 2 amide bonds. The zero-order valence-corrected chi connectivity index (χ0v) is 31.8. The number of para-hydroxylation sites is 1. The summed E-state index contributed by atoms with van der Waals surface area (Å²) in [6, 6.07) is 15.1. The van der Waals surface area contributed by atoms with Crippen molar-refractivity contribution >= 4 is 56.0 Å². The quantitative estimate of drug-likeness (QED) is 0.204. The van der Waals surface area contributed by atoms with Crippen LogP contribution >= 0.6 is 15.9 Å². The van der Waals surface area contributed by atoms with Crippen LogP contribution in [0.5, 0.6) is 17.2 Å². The summed E-state index contributed by atoms with van der Waals surface area (Å²) in [7, 11) is 4.80. The molecule has 0 bridgehead atoms. The second-order valence-corrected chi connectivity index (χ2v) is 15.4. The Kier molecular flexibility index (Phi) is 10.00. The summed E-state index contributed by atoms with van der Waals surface area (Å²) >= 11 is 3.58. The number of nitrogens with zero attached hydrogens (tertiary/aromatic N) is 2. The lowest BCUT2D eigenvalue weighted by Crippen LogP contribution is -2.53. The highest BCUT2D eigenvalue weighted by atomic mass is 79.9. The van der Waals surface area contributed by atoms with Gasteiger partial charge in [-0.2, -0.15) is 0 Å². The molecule has 2 atom stereocenters. The number of amides is 2. The molecule has 0 saturated carbocycles. The summed E-state index contributed by atoms with van der Waals surface area (Å²) < 4.78 is 17.9. The van der Waals surface area contributed by atoms with Crippen molar-refractivity contribution < 1.29 is 23.8 Å². The van der Waals surface area contributed by atoms with E-state index in [1.54, 1.807) is 21.3 Å². The monoisotopic (exact) mass is 739 g/mol. The third-order valence-corrected chi connectivity index (χ3v) is 10.6.